The molecular formula is C10H15NO4. The number of nitrogens with one attached hydrogen (secondary N) is 1. The summed E-state index contributed by atoms with van der Waals surface area (Å²) in [4.78, 5) is 32.7. The van der Waals surface area contributed by atoms with E-state index in [1.807, 2.05) is 6.92 Å². The van der Waals surface area contributed by atoms with Gasteiger partial charge in [0.25, 0.3) is 5.91 Å². The summed E-state index contributed by atoms with van der Waals surface area (Å²) in [6, 6.07) is 0. The first-order valence-electron chi connectivity index (χ1n) is 4.87. The van der Waals surface area contributed by atoms with Gasteiger partial charge in [-0.05, 0) is 13.3 Å². The quantitative estimate of drug-likeness (QED) is 0.171. The van der Waals surface area contributed by atoms with Gasteiger partial charge in [0, 0.05) is 6.54 Å². The molecule has 1 N–H and O–H groups in total. The molecule has 0 spiro atoms. The van der Waals surface area contributed by atoms with Crippen LogP contribution in [0.3, 0.4) is 0 Å². The van der Waals surface area contributed by atoms with Gasteiger partial charge >= 0.3 is 5.97 Å². The number of esters is 1. The van der Waals surface area contributed by atoms with E-state index in [0.717, 1.165) is 12.8 Å². The summed E-state index contributed by atoms with van der Waals surface area (Å²) in [5, 5.41) is 2.43. The lowest BCUT2D eigenvalue weighted by molar-refractivity contribution is -0.140. The summed E-state index contributed by atoms with van der Waals surface area (Å²) in [5.41, 5.74) is -0.604. The average Bonchev–Trinajstić information content (AvgIpc) is 2.19. The highest BCUT2D eigenvalue weighted by molar-refractivity contribution is 6.22. The van der Waals surface area contributed by atoms with Crippen molar-refractivity contribution >= 4 is 17.8 Å². The fourth-order valence-electron chi connectivity index (χ4n) is 0.851. The maximum Gasteiger partial charge on any atom is 0.355 e. The molecule has 0 rings (SSSR count). The van der Waals surface area contributed by atoms with Crippen LogP contribution in [0, 0.1) is 0 Å². The predicted molar refractivity (Wildman–Crippen MR) is 53.8 cm³/mol. The molecule has 0 aromatic heterocycles. The fraction of sp³-hybridized carbons (Fsp3) is 0.600. The monoisotopic (exact) mass is 213 g/mol. The SMILES string of the molecule is CCCCNC(=O)C(=C=O)C(=O)OCC. The summed E-state index contributed by atoms with van der Waals surface area (Å²) in [7, 11) is 0. The first-order chi connectivity index (χ1) is 7.17. The van der Waals surface area contributed by atoms with Gasteiger partial charge in [-0.2, -0.15) is 0 Å². The van der Waals surface area contributed by atoms with E-state index in [1.165, 1.54) is 5.94 Å². The molecule has 0 saturated heterocycles. The van der Waals surface area contributed by atoms with Crippen molar-refractivity contribution in [3.8, 4) is 0 Å². The molecule has 0 fully saturated rings. The van der Waals surface area contributed by atoms with Crippen molar-refractivity contribution in [2.75, 3.05) is 13.2 Å². The van der Waals surface area contributed by atoms with Crippen LogP contribution in [-0.4, -0.2) is 31.0 Å². The summed E-state index contributed by atoms with van der Waals surface area (Å²) in [6.45, 7) is 4.11. The van der Waals surface area contributed by atoms with Crippen molar-refractivity contribution < 1.29 is 19.1 Å². The Kier molecular flexibility index (Phi) is 6.93. The zero-order valence-corrected chi connectivity index (χ0v) is 8.96. The number of amides is 1. The van der Waals surface area contributed by atoms with E-state index in [2.05, 4.69) is 10.1 Å². The van der Waals surface area contributed by atoms with Gasteiger partial charge in [0.2, 0.25) is 5.57 Å². The molecule has 0 heterocycles. The van der Waals surface area contributed by atoms with Gasteiger partial charge in [0.05, 0.1) is 6.61 Å². The Balaban J connectivity index is 4.24. The minimum atomic E-state index is -0.929. The predicted octanol–water partition coefficient (Wildman–Crippen LogP) is 0.224. The van der Waals surface area contributed by atoms with Gasteiger partial charge in [0.1, 0.15) is 5.94 Å². The minimum Gasteiger partial charge on any atom is -0.462 e. The van der Waals surface area contributed by atoms with Crippen LogP contribution in [0.4, 0.5) is 0 Å². The Morgan fingerprint density at radius 3 is 2.47 bits per heavy atom. The van der Waals surface area contributed by atoms with Gasteiger partial charge in [-0.3, -0.25) is 4.79 Å². The molecule has 0 aromatic rings. The van der Waals surface area contributed by atoms with Gasteiger partial charge in [-0.25, -0.2) is 9.59 Å². The van der Waals surface area contributed by atoms with Gasteiger partial charge in [-0.15, -0.1) is 0 Å². The van der Waals surface area contributed by atoms with E-state index in [1.54, 1.807) is 6.92 Å². The largest absolute Gasteiger partial charge is 0.462 e. The molecule has 0 bridgehead atoms. The highest BCUT2D eigenvalue weighted by atomic mass is 16.5. The summed E-state index contributed by atoms with van der Waals surface area (Å²) >= 11 is 0. The number of carbonyl (C=O) groups is 2. The Hall–Kier alpha value is -1.61. The normalized spacial score (nSPS) is 8.93. The molecule has 0 aliphatic rings. The molecule has 1 amide bonds. The molecule has 5 heteroatoms. The Labute approximate surface area is 88.5 Å². The molecular weight excluding hydrogens is 198 g/mol. The molecule has 0 aliphatic carbocycles. The molecule has 0 saturated carbocycles. The highest BCUT2D eigenvalue weighted by Gasteiger charge is 2.20. The highest BCUT2D eigenvalue weighted by Crippen LogP contribution is 1.94. The first-order valence-corrected chi connectivity index (χ1v) is 4.87. The van der Waals surface area contributed by atoms with Crippen LogP contribution < -0.4 is 5.32 Å². The van der Waals surface area contributed by atoms with Crippen molar-refractivity contribution in [3.05, 3.63) is 5.57 Å². The number of ether oxygens (including phenoxy) is 1. The zero-order chi connectivity index (χ0) is 11.7. The fourth-order valence-corrected chi connectivity index (χ4v) is 0.851. The van der Waals surface area contributed by atoms with Crippen molar-refractivity contribution in [2.24, 2.45) is 0 Å². The van der Waals surface area contributed by atoms with Gasteiger partial charge in [0.15, 0.2) is 0 Å². The summed E-state index contributed by atoms with van der Waals surface area (Å²) in [6.07, 6.45) is 1.71. The molecule has 0 unspecified atom stereocenters. The van der Waals surface area contributed by atoms with Crippen LogP contribution in [0.2, 0.25) is 0 Å². The van der Waals surface area contributed by atoms with Crippen LogP contribution in [0.5, 0.6) is 0 Å². The van der Waals surface area contributed by atoms with Crippen molar-refractivity contribution in [2.45, 2.75) is 26.7 Å². The third kappa shape index (κ3) is 4.98. The van der Waals surface area contributed by atoms with Crippen molar-refractivity contribution in [1.82, 2.24) is 5.32 Å². The topological polar surface area (TPSA) is 72.5 Å². The van der Waals surface area contributed by atoms with E-state index in [-0.39, 0.29) is 6.61 Å². The summed E-state index contributed by atoms with van der Waals surface area (Å²) < 4.78 is 4.52. The van der Waals surface area contributed by atoms with Crippen molar-refractivity contribution in [3.63, 3.8) is 0 Å². The van der Waals surface area contributed by atoms with Crippen LogP contribution in [0.1, 0.15) is 26.7 Å². The van der Waals surface area contributed by atoms with E-state index in [0.29, 0.717) is 6.54 Å². The maximum atomic E-state index is 11.3. The Morgan fingerprint density at radius 2 is 2.00 bits per heavy atom. The van der Waals surface area contributed by atoms with Crippen LogP contribution in [0.15, 0.2) is 5.57 Å². The van der Waals surface area contributed by atoms with Gasteiger partial charge in [-0.1, -0.05) is 13.3 Å². The molecule has 84 valence electrons. The molecule has 0 atom stereocenters. The minimum absolute atomic E-state index is 0.117. The average molecular weight is 213 g/mol. The molecule has 5 nitrogen and oxygen atoms in total. The molecule has 0 radical (unpaired) electrons. The number of hydrogen-bond acceptors (Lipinski definition) is 4. The Morgan fingerprint density at radius 1 is 1.33 bits per heavy atom. The smallest absolute Gasteiger partial charge is 0.355 e. The third-order valence-electron chi connectivity index (χ3n) is 1.62. The first kappa shape index (κ1) is 13.4. The Bertz CT molecular complexity index is 279. The number of unbranched alkanes of at least 4 members (excludes halogenated alkanes) is 1. The second-order valence-electron chi connectivity index (χ2n) is 2.81. The third-order valence-corrected chi connectivity index (χ3v) is 1.62. The van der Waals surface area contributed by atoms with E-state index >= 15 is 0 Å². The standard InChI is InChI=1S/C10H15NO4/c1-3-5-6-11-9(13)8(7-12)10(14)15-4-2/h3-6H2,1-2H3,(H,11,13). The zero-order valence-electron chi connectivity index (χ0n) is 8.96. The van der Waals surface area contributed by atoms with E-state index < -0.39 is 17.4 Å². The van der Waals surface area contributed by atoms with E-state index in [9.17, 15) is 14.4 Å². The summed E-state index contributed by atoms with van der Waals surface area (Å²) in [5.74, 6) is -0.361. The number of rotatable bonds is 6. The van der Waals surface area contributed by atoms with Crippen LogP contribution >= 0.6 is 0 Å². The maximum absolute atomic E-state index is 11.3. The van der Waals surface area contributed by atoms with Crippen molar-refractivity contribution in [1.29, 1.82) is 0 Å². The van der Waals surface area contributed by atoms with Crippen LogP contribution in [0.25, 0.3) is 0 Å². The molecule has 0 aliphatic heterocycles. The number of hydrogen-bond donors (Lipinski definition) is 1. The molecule has 15 heavy (non-hydrogen) atoms. The molecule has 0 aromatic carbocycles. The lowest BCUT2D eigenvalue weighted by Crippen LogP contribution is -2.30. The number of carbonyl (C=O) groups excluding carboxylic acids is 3. The van der Waals surface area contributed by atoms with Crippen LogP contribution in [-0.2, 0) is 19.1 Å². The van der Waals surface area contributed by atoms with E-state index in [4.69, 9.17) is 0 Å². The second kappa shape index (κ2) is 7.76. The van der Waals surface area contributed by atoms with Gasteiger partial charge < -0.3 is 10.1 Å². The second-order valence-corrected chi connectivity index (χ2v) is 2.81. The lowest BCUT2D eigenvalue weighted by Gasteiger charge is -2.04. The lowest BCUT2D eigenvalue weighted by atomic mass is 10.2.